The molecule has 0 aromatic heterocycles. The summed E-state index contributed by atoms with van der Waals surface area (Å²) in [4.78, 5) is 14.5. The van der Waals surface area contributed by atoms with Crippen LogP contribution in [0.1, 0.15) is 19.3 Å². The zero-order valence-corrected chi connectivity index (χ0v) is 13.0. The van der Waals surface area contributed by atoms with Crippen LogP contribution in [0.15, 0.2) is 0 Å². The number of sulfone groups is 1. The molecule has 6 nitrogen and oxygen atoms in total. The maximum absolute atomic E-state index is 12.8. The first-order valence-corrected chi connectivity index (χ1v) is 8.90. The summed E-state index contributed by atoms with van der Waals surface area (Å²) in [5.74, 6) is 0.313. The molecule has 2 fully saturated rings. The zero-order valence-electron chi connectivity index (χ0n) is 12.2. The molecule has 0 aromatic rings. The smallest absolute Gasteiger partial charge is 0.231 e. The molecule has 1 atom stereocenters. The first-order valence-electron chi connectivity index (χ1n) is 7.08. The van der Waals surface area contributed by atoms with Crippen molar-refractivity contribution >= 4 is 15.7 Å². The molecule has 2 rings (SSSR count). The lowest BCUT2D eigenvalue weighted by Crippen LogP contribution is -2.53. The molecule has 2 aliphatic rings. The standard InChI is InChI=1S/C13H24N2O4S/c1-15(11-3-8-20(17,18)9-11)12(16)13(10-19-2)4-6-14-7-5-13/h11,14H,3-10H2,1-2H3. The van der Waals surface area contributed by atoms with Crippen molar-refractivity contribution in [3.05, 3.63) is 0 Å². The van der Waals surface area contributed by atoms with E-state index in [4.69, 9.17) is 4.74 Å². The van der Waals surface area contributed by atoms with Gasteiger partial charge in [-0.1, -0.05) is 0 Å². The molecule has 0 saturated carbocycles. The van der Waals surface area contributed by atoms with E-state index in [-0.39, 0.29) is 23.5 Å². The van der Waals surface area contributed by atoms with E-state index in [0.717, 1.165) is 25.9 Å². The van der Waals surface area contributed by atoms with Gasteiger partial charge in [-0.2, -0.15) is 0 Å². The summed E-state index contributed by atoms with van der Waals surface area (Å²) in [5.41, 5.74) is -0.499. The lowest BCUT2D eigenvalue weighted by Gasteiger charge is -2.40. The molecule has 1 N–H and O–H groups in total. The Balaban J connectivity index is 2.11. The van der Waals surface area contributed by atoms with Crippen molar-refractivity contribution in [2.24, 2.45) is 5.41 Å². The number of carbonyl (C=O) groups is 1. The number of piperidine rings is 1. The SMILES string of the molecule is COCC1(C(=O)N(C)C2CCS(=O)(=O)C2)CCNCC1. The number of hydrogen-bond acceptors (Lipinski definition) is 5. The van der Waals surface area contributed by atoms with Crippen LogP contribution in [-0.2, 0) is 19.4 Å². The third kappa shape index (κ3) is 3.15. The van der Waals surface area contributed by atoms with Gasteiger partial charge in [-0.05, 0) is 32.4 Å². The molecule has 7 heteroatoms. The average molecular weight is 304 g/mol. The summed E-state index contributed by atoms with van der Waals surface area (Å²) < 4.78 is 28.4. The van der Waals surface area contributed by atoms with Crippen LogP contribution in [0.4, 0.5) is 0 Å². The number of hydrogen-bond donors (Lipinski definition) is 1. The van der Waals surface area contributed by atoms with Crippen LogP contribution >= 0.6 is 0 Å². The largest absolute Gasteiger partial charge is 0.384 e. The van der Waals surface area contributed by atoms with Gasteiger partial charge < -0.3 is 15.0 Å². The molecule has 1 unspecified atom stereocenters. The summed E-state index contributed by atoms with van der Waals surface area (Å²) in [6.07, 6.45) is 2.03. The Bertz CT molecular complexity index is 451. The number of nitrogens with zero attached hydrogens (tertiary/aromatic N) is 1. The molecular formula is C13H24N2O4S. The first kappa shape index (κ1) is 15.7. The van der Waals surface area contributed by atoms with Gasteiger partial charge in [0.25, 0.3) is 0 Å². The Morgan fingerprint density at radius 3 is 2.55 bits per heavy atom. The van der Waals surface area contributed by atoms with E-state index >= 15 is 0 Å². The summed E-state index contributed by atoms with van der Waals surface area (Å²) in [6, 6.07) is -0.184. The van der Waals surface area contributed by atoms with Crippen LogP contribution in [-0.4, -0.2) is 70.6 Å². The topological polar surface area (TPSA) is 75.7 Å². The highest BCUT2D eigenvalue weighted by atomic mass is 32.2. The van der Waals surface area contributed by atoms with Crippen molar-refractivity contribution in [3.63, 3.8) is 0 Å². The fraction of sp³-hybridized carbons (Fsp3) is 0.923. The van der Waals surface area contributed by atoms with Crippen molar-refractivity contribution in [3.8, 4) is 0 Å². The number of rotatable bonds is 4. The van der Waals surface area contributed by atoms with Crippen LogP contribution in [0, 0.1) is 5.41 Å². The number of nitrogens with one attached hydrogen (secondary N) is 1. The zero-order chi connectivity index (χ0) is 14.8. The van der Waals surface area contributed by atoms with E-state index < -0.39 is 15.3 Å². The predicted octanol–water partition coefficient (Wildman–Crippen LogP) is -0.352. The maximum atomic E-state index is 12.8. The third-order valence-corrected chi connectivity index (χ3v) is 6.26. The van der Waals surface area contributed by atoms with Crippen LogP contribution in [0.3, 0.4) is 0 Å². The number of methoxy groups -OCH3 is 1. The van der Waals surface area contributed by atoms with Crippen LogP contribution in [0.25, 0.3) is 0 Å². The lowest BCUT2D eigenvalue weighted by atomic mass is 9.78. The van der Waals surface area contributed by atoms with Gasteiger partial charge in [-0.15, -0.1) is 0 Å². The molecule has 2 aliphatic heterocycles. The second kappa shape index (κ2) is 5.99. The van der Waals surface area contributed by atoms with Gasteiger partial charge in [0.2, 0.25) is 5.91 Å². The van der Waals surface area contributed by atoms with Gasteiger partial charge in [0, 0.05) is 20.2 Å². The quantitative estimate of drug-likeness (QED) is 0.768. The second-order valence-electron chi connectivity index (χ2n) is 5.94. The minimum atomic E-state index is -2.97. The van der Waals surface area contributed by atoms with Gasteiger partial charge in [-0.3, -0.25) is 4.79 Å². The Morgan fingerprint density at radius 2 is 2.05 bits per heavy atom. The summed E-state index contributed by atoms with van der Waals surface area (Å²) in [6.45, 7) is 2.00. The fourth-order valence-electron chi connectivity index (χ4n) is 3.22. The highest BCUT2D eigenvalue weighted by Crippen LogP contribution is 2.33. The molecule has 0 radical (unpaired) electrons. The monoisotopic (exact) mass is 304 g/mol. The Kier molecular flexibility index (Phi) is 4.71. The lowest BCUT2D eigenvalue weighted by molar-refractivity contribution is -0.148. The van der Waals surface area contributed by atoms with Crippen LogP contribution < -0.4 is 5.32 Å². The van der Waals surface area contributed by atoms with Crippen LogP contribution in [0.5, 0.6) is 0 Å². The molecule has 1 amide bonds. The molecule has 0 aromatic carbocycles. The average Bonchev–Trinajstić information content (AvgIpc) is 2.79. The Morgan fingerprint density at radius 1 is 1.40 bits per heavy atom. The summed E-state index contributed by atoms with van der Waals surface area (Å²) in [7, 11) is 0.363. The van der Waals surface area contributed by atoms with Gasteiger partial charge in [0.1, 0.15) is 0 Å². The molecule has 0 bridgehead atoms. The van der Waals surface area contributed by atoms with Crippen molar-refractivity contribution in [2.45, 2.75) is 25.3 Å². The molecular weight excluding hydrogens is 280 g/mol. The number of amides is 1. The molecule has 116 valence electrons. The predicted molar refractivity (Wildman–Crippen MR) is 76.2 cm³/mol. The maximum Gasteiger partial charge on any atom is 0.231 e. The van der Waals surface area contributed by atoms with Crippen LogP contribution in [0.2, 0.25) is 0 Å². The Labute approximate surface area is 120 Å². The molecule has 2 heterocycles. The Hall–Kier alpha value is -0.660. The van der Waals surface area contributed by atoms with E-state index in [9.17, 15) is 13.2 Å². The van der Waals surface area contributed by atoms with Crippen molar-refractivity contribution < 1.29 is 17.9 Å². The summed E-state index contributed by atoms with van der Waals surface area (Å²) >= 11 is 0. The number of carbonyl (C=O) groups excluding carboxylic acids is 1. The van der Waals surface area contributed by atoms with E-state index in [1.165, 1.54) is 0 Å². The van der Waals surface area contributed by atoms with Crippen molar-refractivity contribution in [2.75, 3.05) is 45.4 Å². The third-order valence-electron chi connectivity index (χ3n) is 4.51. The minimum Gasteiger partial charge on any atom is -0.384 e. The van der Waals surface area contributed by atoms with Gasteiger partial charge >= 0.3 is 0 Å². The summed E-state index contributed by atoms with van der Waals surface area (Å²) in [5, 5.41) is 3.25. The van der Waals surface area contributed by atoms with E-state index in [2.05, 4.69) is 5.32 Å². The first-order chi connectivity index (χ1) is 9.40. The van der Waals surface area contributed by atoms with E-state index in [0.29, 0.717) is 13.0 Å². The van der Waals surface area contributed by atoms with Gasteiger partial charge in [0.15, 0.2) is 9.84 Å². The normalized spacial score (nSPS) is 28.2. The minimum absolute atomic E-state index is 0.0305. The number of ether oxygens (including phenoxy) is 1. The van der Waals surface area contributed by atoms with E-state index in [1.54, 1.807) is 19.1 Å². The van der Waals surface area contributed by atoms with E-state index in [1.807, 2.05) is 0 Å². The highest BCUT2D eigenvalue weighted by Gasteiger charge is 2.44. The van der Waals surface area contributed by atoms with Gasteiger partial charge in [-0.25, -0.2) is 8.42 Å². The second-order valence-corrected chi connectivity index (χ2v) is 8.16. The molecule has 20 heavy (non-hydrogen) atoms. The highest BCUT2D eigenvalue weighted by molar-refractivity contribution is 7.91. The van der Waals surface area contributed by atoms with Crippen molar-refractivity contribution in [1.29, 1.82) is 0 Å². The van der Waals surface area contributed by atoms with Gasteiger partial charge in [0.05, 0.1) is 23.5 Å². The van der Waals surface area contributed by atoms with Crippen molar-refractivity contribution in [1.82, 2.24) is 10.2 Å². The molecule has 0 spiro atoms. The molecule has 0 aliphatic carbocycles. The fourth-order valence-corrected chi connectivity index (χ4v) is 5.00. The molecule has 2 saturated heterocycles.